The van der Waals surface area contributed by atoms with E-state index in [9.17, 15) is 0 Å². The maximum Gasteiger partial charge on any atom is 0.191 e. The molecule has 1 fully saturated rings. The maximum atomic E-state index is 5.82. The van der Waals surface area contributed by atoms with Crippen molar-refractivity contribution in [1.82, 2.24) is 10.6 Å². The van der Waals surface area contributed by atoms with Gasteiger partial charge >= 0.3 is 0 Å². The Morgan fingerprint density at radius 1 is 1.21 bits per heavy atom. The van der Waals surface area contributed by atoms with E-state index >= 15 is 0 Å². The largest absolute Gasteiger partial charge is 0.378 e. The Morgan fingerprint density at radius 3 is 2.57 bits per heavy atom. The molecule has 0 aromatic heterocycles. The molecule has 1 heterocycles. The number of aliphatic imine (C=N–C) groups is 1. The van der Waals surface area contributed by atoms with E-state index in [4.69, 9.17) is 9.47 Å². The molecule has 7 heteroatoms. The number of rotatable bonds is 9. The highest BCUT2D eigenvalue weighted by atomic mass is 127. The molecular formula is C21H37IN4O2. The molecule has 0 aliphatic carbocycles. The quantitative estimate of drug-likeness (QED) is 0.307. The summed E-state index contributed by atoms with van der Waals surface area (Å²) in [5.41, 5.74) is 2.55. The molecule has 28 heavy (non-hydrogen) atoms. The monoisotopic (exact) mass is 504 g/mol. The van der Waals surface area contributed by atoms with Crippen LogP contribution in [0.2, 0.25) is 0 Å². The summed E-state index contributed by atoms with van der Waals surface area (Å²) in [6.07, 6.45) is 1.25. The Balaban J connectivity index is 0.00000392. The lowest BCUT2D eigenvalue weighted by atomic mass is 10.0. The normalized spacial score (nSPS) is 15.9. The van der Waals surface area contributed by atoms with Crippen molar-refractivity contribution in [2.24, 2.45) is 10.9 Å². The van der Waals surface area contributed by atoms with E-state index in [2.05, 4.69) is 65.6 Å². The summed E-state index contributed by atoms with van der Waals surface area (Å²) >= 11 is 0. The predicted molar refractivity (Wildman–Crippen MR) is 128 cm³/mol. The number of anilines is 1. The summed E-state index contributed by atoms with van der Waals surface area (Å²) in [5.74, 6) is 1.34. The molecule has 0 amide bonds. The molecule has 0 radical (unpaired) electrons. The fourth-order valence-electron chi connectivity index (χ4n) is 3.33. The number of hydrogen-bond donors (Lipinski definition) is 2. The first-order chi connectivity index (χ1) is 13.2. The average Bonchev–Trinajstić information content (AvgIpc) is 2.70. The van der Waals surface area contributed by atoms with Gasteiger partial charge in [0.1, 0.15) is 0 Å². The van der Waals surface area contributed by atoms with Gasteiger partial charge in [-0.2, -0.15) is 0 Å². The third-order valence-corrected chi connectivity index (χ3v) is 4.86. The van der Waals surface area contributed by atoms with Crippen molar-refractivity contribution in [2.75, 3.05) is 51.4 Å². The molecule has 0 saturated carbocycles. The summed E-state index contributed by atoms with van der Waals surface area (Å²) in [4.78, 5) is 6.75. The Morgan fingerprint density at radius 2 is 1.93 bits per heavy atom. The van der Waals surface area contributed by atoms with Gasteiger partial charge in [0.25, 0.3) is 0 Å². The first-order valence-electron chi connectivity index (χ1n) is 10.1. The molecule has 0 bridgehead atoms. The van der Waals surface area contributed by atoms with E-state index in [-0.39, 0.29) is 30.1 Å². The molecule has 1 aromatic rings. The zero-order valence-electron chi connectivity index (χ0n) is 17.7. The first kappa shape index (κ1) is 25.0. The highest BCUT2D eigenvalue weighted by Crippen LogP contribution is 2.21. The third kappa shape index (κ3) is 8.13. The second-order valence-electron chi connectivity index (χ2n) is 7.11. The minimum absolute atomic E-state index is 0. The lowest BCUT2D eigenvalue weighted by Crippen LogP contribution is -2.40. The Kier molecular flexibility index (Phi) is 12.5. The Labute approximate surface area is 187 Å². The summed E-state index contributed by atoms with van der Waals surface area (Å²) in [5, 5.41) is 6.85. The molecule has 0 spiro atoms. The Bertz CT molecular complexity index is 577. The van der Waals surface area contributed by atoms with Gasteiger partial charge in [-0.05, 0) is 30.9 Å². The smallest absolute Gasteiger partial charge is 0.191 e. The van der Waals surface area contributed by atoms with Crippen LogP contribution in [0.5, 0.6) is 0 Å². The molecule has 1 aliphatic heterocycles. The first-order valence-corrected chi connectivity index (χ1v) is 10.1. The summed E-state index contributed by atoms with van der Waals surface area (Å²) < 4.78 is 11.3. The molecule has 1 atom stereocenters. The van der Waals surface area contributed by atoms with Gasteiger partial charge < -0.3 is 25.0 Å². The lowest BCUT2D eigenvalue weighted by molar-refractivity contribution is 0.0258. The molecule has 1 aromatic carbocycles. The lowest BCUT2D eigenvalue weighted by Gasteiger charge is -2.30. The molecule has 1 aliphatic rings. The van der Waals surface area contributed by atoms with Crippen LogP contribution in [-0.2, 0) is 16.0 Å². The molecule has 6 nitrogen and oxygen atoms in total. The summed E-state index contributed by atoms with van der Waals surface area (Å²) in [7, 11) is 1.81. The molecule has 2 rings (SSSR count). The van der Waals surface area contributed by atoms with Crippen LogP contribution in [-0.4, -0.2) is 58.6 Å². The van der Waals surface area contributed by atoms with Crippen molar-refractivity contribution >= 4 is 35.6 Å². The number of guanidine groups is 1. The van der Waals surface area contributed by atoms with Crippen LogP contribution in [0.4, 0.5) is 5.69 Å². The van der Waals surface area contributed by atoms with Crippen LogP contribution in [0.1, 0.15) is 32.8 Å². The van der Waals surface area contributed by atoms with Crippen molar-refractivity contribution < 1.29 is 9.47 Å². The number of morpholine rings is 1. The number of nitrogens with one attached hydrogen (secondary N) is 2. The number of nitrogens with zero attached hydrogens (tertiary/aromatic N) is 2. The highest BCUT2D eigenvalue weighted by molar-refractivity contribution is 14.0. The molecule has 1 saturated heterocycles. The van der Waals surface area contributed by atoms with E-state index in [1.165, 1.54) is 11.3 Å². The number of hydrogen-bond acceptors (Lipinski definition) is 4. The zero-order chi connectivity index (χ0) is 19.5. The molecular weight excluding hydrogens is 467 g/mol. The average molecular weight is 504 g/mol. The fourth-order valence-corrected chi connectivity index (χ4v) is 3.33. The second kappa shape index (κ2) is 14.0. The number of ether oxygens (including phenoxy) is 2. The number of halogens is 1. The van der Waals surface area contributed by atoms with Crippen LogP contribution in [0.3, 0.4) is 0 Å². The van der Waals surface area contributed by atoms with E-state index in [1.807, 2.05) is 7.05 Å². The topological polar surface area (TPSA) is 58.1 Å². The van der Waals surface area contributed by atoms with Gasteiger partial charge in [-0.1, -0.05) is 32.0 Å². The van der Waals surface area contributed by atoms with Gasteiger partial charge in [0.2, 0.25) is 0 Å². The molecule has 2 N–H and O–H groups in total. The third-order valence-electron chi connectivity index (χ3n) is 4.86. The van der Waals surface area contributed by atoms with Gasteiger partial charge in [0, 0.05) is 45.5 Å². The van der Waals surface area contributed by atoms with Crippen LogP contribution < -0.4 is 15.5 Å². The van der Waals surface area contributed by atoms with E-state index < -0.39 is 0 Å². The minimum Gasteiger partial charge on any atom is -0.378 e. The predicted octanol–water partition coefficient (Wildman–Crippen LogP) is 3.26. The standard InChI is InChI=1S/C21H36N4O2.HI/c1-5-27-20(17(2)3)10-11-23-21(22-4)24-16-18-8-6-7-9-19(18)25-12-14-26-15-13-25;/h6-9,17,20H,5,10-16H2,1-4H3,(H2,22,23,24);1H. The van der Waals surface area contributed by atoms with Crippen molar-refractivity contribution in [3.8, 4) is 0 Å². The van der Waals surface area contributed by atoms with Crippen molar-refractivity contribution in [1.29, 1.82) is 0 Å². The van der Waals surface area contributed by atoms with E-state index in [0.717, 1.165) is 58.4 Å². The van der Waals surface area contributed by atoms with Gasteiger partial charge in [-0.15, -0.1) is 24.0 Å². The van der Waals surface area contributed by atoms with Gasteiger partial charge in [0.15, 0.2) is 5.96 Å². The highest BCUT2D eigenvalue weighted by Gasteiger charge is 2.15. The minimum atomic E-state index is 0. The number of para-hydroxylation sites is 1. The molecule has 1 unspecified atom stereocenters. The van der Waals surface area contributed by atoms with E-state index in [0.29, 0.717) is 5.92 Å². The van der Waals surface area contributed by atoms with Crippen LogP contribution in [0, 0.1) is 5.92 Å². The Hall–Kier alpha value is -1.06. The van der Waals surface area contributed by atoms with Crippen LogP contribution in [0.25, 0.3) is 0 Å². The van der Waals surface area contributed by atoms with Crippen molar-refractivity contribution in [3.63, 3.8) is 0 Å². The van der Waals surface area contributed by atoms with Gasteiger partial charge in [0.05, 0.1) is 19.3 Å². The van der Waals surface area contributed by atoms with Crippen molar-refractivity contribution in [3.05, 3.63) is 29.8 Å². The number of benzene rings is 1. The zero-order valence-corrected chi connectivity index (χ0v) is 20.1. The van der Waals surface area contributed by atoms with E-state index in [1.54, 1.807) is 0 Å². The maximum absolute atomic E-state index is 5.82. The second-order valence-corrected chi connectivity index (χ2v) is 7.11. The fraction of sp³-hybridized carbons (Fsp3) is 0.667. The van der Waals surface area contributed by atoms with Crippen molar-refractivity contribution in [2.45, 2.75) is 39.8 Å². The summed E-state index contributed by atoms with van der Waals surface area (Å²) in [6.45, 7) is 12.3. The SMILES string of the molecule is CCOC(CCNC(=NC)NCc1ccccc1N1CCOCC1)C(C)C.I. The van der Waals surface area contributed by atoms with Gasteiger partial charge in [-0.3, -0.25) is 4.99 Å². The molecule has 160 valence electrons. The van der Waals surface area contributed by atoms with Crippen LogP contribution in [0.15, 0.2) is 29.3 Å². The summed E-state index contributed by atoms with van der Waals surface area (Å²) in [6, 6.07) is 8.55. The van der Waals surface area contributed by atoms with Crippen LogP contribution >= 0.6 is 24.0 Å². The van der Waals surface area contributed by atoms with Gasteiger partial charge in [-0.25, -0.2) is 0 Å².